The van der Waals surface area contributed by atoms with Crippen molar-refractivity contribution in [2.75, 3.05) is 39.3 Å². The molecule has 23 heavy (non-hydrogen) atoms. The lowest BCUT2D eigenvalue weighted by molar-refractivity contribution is -0.122. The number of halogens is 1. The number of rotatable bonds is 5. The minimum Gasteiger partial charge on any atom is -0.355 e. The summed E-state index contributed by atoms with van der Waals surface area (Å²) < 4.78 is 13.1. The summed E-state index contributed by atoms with van der Waals surface area (Å²) in [5.41, 5.74) is 0.730. The molecular weight excluding hydrogens is 299 g/mol. The highest BCUT2D eigenvalue weighted by atomic mass is 19.1. The van der Waals surface area contributed by atoms with E-state index in [2.05, 4.69) is 10.6 Å². The zero-order chi connectivity index (χ0) is 16.7. The SMILES string of the molecule is CCNC(=O)CN1CCN(C(=O)NCc2cccc(F)c2)CC1. The molecule has 0 aliphatic carbocycles. The summed E-state index contributed by atoms with van der Waals surface area (Å²) in [6.45, 7) is 5.68. The molecule has 0 radical (unpaired) electrons. The third-order valence-electron chi connectivity index (χ3n) is 3.73. The van der Waals surface area contributed by atoms with Gasteiger partial charge in [0.1, 0.15) is 5.82 Å². The van der Waals surface area contributed by atoms with Crippen molar-refractivity contribution in [2.24, 2.45) is 0 Å². The first kappa shape index (κ1) is 17.2. The predicted molar refractivity (Wildman–Crippen MR) is 85.3 cm³/mol. The molecule has 6 nitrogen and oxygen atoms in total. The van der Waals surface area contributed by atoms with Gasteiger partial charge in [-0.2, -0.15) is 0 Å². The van der Waals surface area contributed by atoms with E-state index in [1.54, 1.807) is 17.0 Å². The molecule has 1 heterocycles. The van der Waals surface area contributed by atoms with Gasteiger partial charge in [-0.25, -0.2) is 9.18 Å². The number of hydrogen-bond donors (Lipinski definition) is 2. The standard InChI is InChI=1S/C16H23FN4O2/c1-2-18-15(22)12-20-6-8-21(9-7-20)16(23)19-11-13-4-3-5-14(17)10-13/h3-5,10H,2,6-9,11-12H2,1H3,(H,18,22)(H,19,23). The zero-order valence-corrected chi connectivity index (χ0v) is 13.3. The van der Waals surface area contributed by atoms with Crippen molar-refractivity contribution in [3.8, 4) is 0 Å². The van der Waals surface area contributed by atoms with E-state index < -0.39 is 0 Å². The van der Waals surface area contributed by atoms with Crippen molar-refractivity contribution in [3.63, 3.8) is 0 Å². The molecule has 0 unspecified atom stereocenters. The van der Waals surface area contributed by atoms with Gasteiger partial charge in [0.25, 0.3) is 0 Å². The van der Waals surface area contributed by atoms with Crippen LogP contribution in [0.25, 0.3) is 0 Å². The highest BCUT2D eigenvalue weighted by Gasteiger charge is 2.22. The molecule has 2 N–H and O–H groups in total. The van der Waals surface area contributed by atoms with Crippen molar-refractivity contribution in [2.45, 2.75) is 13.5 Å². The van der Waals surface area contributed by atoms with Crippen LogP contribution in [0, 0.1) is 5.82 Å². The molecule has 1 aliphatic heterocycles. The molecule has 0 atom stereocenters. The number of nitrogens with one attached hydrogen (secondary N) is 2. The van der Waals surface area contributed by atoms with E-state index in [1.165, 1.54) is 12.1 Å². The monoisotopic (exact) mass is 322 g/mol. The van der Waals surface area contributed by atoms with Crippen LogP contribution in [-0.2, 0) is 11.3 Å². The van der Waals surface area contributed by atoms with Crippen molar-refractivity contribution < 1.29 is 14.0 Å². The van der Waals surface area contributed by atoms with Crippen LogP contribution in [0.1, 0.15) is 12.5 Å². The minimum atomic E-state index is -0.310. The number of piperazine rings is 1. The third kappa shape index (κ3) is 5.52. The normalized spacial score (nSPS) is 15.3. The lowest BCUT2D eigenvalue weighted by Gasteiger charge is -2.34. The molecule has 0 spiro atoms. The van der Waals surface area contributed by atoms with Crippen LogP contribution in [0.2, 0.25) is 0 Å². The number of carbonyl (C=O) groups excluding carboxylic acids is 2. The van der Waals surface area contributed by atoms with E-state index in [4.69, 9.17) is 0 Å². The highest BCUT2D eigenvalue weighted by Crippen LogP contribution is 2.05. The largest absolute Gasteiger partial charge is 0.355 e. The van der Waals surface area contributed by atoms with E-state index in [0.29, 0.717) is 45.8 Å². The summed E-state index contributed by atoms with van der Waals surface area (Å²) in [5, 5.41) is 5.56. The quantitative estimate of drug-likeness (QED) is 0.842. The second kappa shape index (κ2) is 8.47. The van der Waals surface area contributed by atoms with Crippen molar-refractivity contribution in [1.29, 1.82) is 0 Å². The van der Waals surface area contributed by atoms with Crippen LogP contribution in [-0.4, -0.2) is 61.0 Å². The van der Waals surface area contributed by atoms with Gasteiger partial charge in [0.2, 0.25) is 5.91 Å². The molecule has 0 bridgehead atoms. The van der Waals surface area contributed by atoms with Crippen molar-refractivity contribution in [3.05, 3.63) is 35.6 Å². The van der Waals surface area contributed by atoms with Gasteiger partial charge in [-0.05, 0) is 24.6 Å². The Hall–Kier alpha value is -2.15. The maximum Gasteiger partial charge on any atom is 0.317 e. The van der Waals surface area contributed by atoms with Crippen LogP contribution >= 0.6 is 0 Å². The molecule has 2 rings (SSSR count). The topological polar surface area (TPSA) is 64.7 Å². The number of hydrogen-bond acceptors (Lipinski definition) is 3. The average molecular weight is 322 g/mol. The van der Waals surface area contributed by atoms with Crippen LogP contribution in [0.5, 0.6) is 0 Å². The van der Waals surface area contributed by atoms with E-state index in [9.17, 15) is 14.0 Å². The van der Waals surface area contributed by atoms with E-state index in [1.807, 2.05) is 11.8 Å². The first-order valence-corrected chi connectivity index (χ1v) is 7.84. The Kier molecular flexibility index (Phi) is 6.34. The molecule has 7 heteroatoms. The first-order valence-electron chi connectivity index (χ1n) is 7.84. The van der Waals surface area contributed by atoms with Gasteiger partial charge < -0.3 is 15.5 Å². The number of urea groups is 1. The summed E-state index contributed by atoms with van der Waals surface area (Å²) >= 11 is 0. The highest BCUT2D eigenvalue weighted by molar-refractivity contribution is 5.78. The Morgan fingerprint density at radius 3 is 2.57 bits per heavy atom. The Labute approximate surface area is 135 Å². The van der Waals surface area contributed by atoms with Gasteiger partial charge in [-0.3, -0.25) is 9.69 Å². The van der Waals surface area contributed by atoms with E-state index in [0.717, 1.165) is 5.56 Å². The van der Waals surface area contributed by atoms with Gasteiger partial charge in [0.05, 0.1) is 6.54 Å². The zero-order valence-electron chi connectivity index (χ0n) is 13.3. The fourth-order valence-corrected chi connectivity index (χ4v) is 2.50. The van der Waals surface area contributed by atoms with Crippen LogP contribution in [0.3, 0.4) is 0 Å². The number of nitrogens with zero attached hydrogens (tertiary/aromatic N) is 2. The van der Waals surface area contributed by atoms with Crippen LogP contribution in [0.4, 0.5) is 9.18 Å². The minimum absolute atomic E-state index is 0.0107. The summed E-state index contributed by atoms with van der Waals surface area (Å²) in [6, 6.07) is 6.01. The predicted octanol–water partition coefficient (Wildman–Crippen LogP) is 0.789. The fraction of sp³-hybridized carbons (Fsp3) is 0.500. The molecule has 1 aliphatic rings. The fourth-order valence-electron chi connectivity index (χ4n) is 2.50. The summed E-state index contributed by atoms with van der Waals surface area (Å²) in [6.07, 6.45) is 0. The smallest absolute Gasteiger partial charge is 0.317 e. The van der Waals surface area contributed by atoms with E-state index >= 15 is 0 Å². The molecular formula is C16H23FN4O2. The lowest BCUT2D eigenvalue weighted by Crippen LogP contribution is -2.53. The third-order valence-corrected chi connectivity index (χ3v) is 3.73. The molecule has 1 aromatic carbocycles. The summed E-state index contributed by atoms with van der Waals surface area (Å²) in [5.74, 6) is -0.299. The summed E-state index contributed by atoms with van der Waals surface area (Å²) in [7, 11) is 0. The van der Waals surface area contributed by atoms with Crippen LogP contribution < -0.4 is 10.6 Å². The number of benzene rings is 1. The van der Waals surface area contributed by atoms with Gasteiger partial charge in [-0.1, -0.05) is 12.1 Å². The maximum absolute atomic E-state index is 13.1. The second-order valence-corrected chi connectivity index (χ2v) is 5.51. The number of likely N-dealkylation sites (N-methyl/N-ethyl adjacent to an activating group) is 1. The second-order valence-electron chi connectivity index (χ2n) is 5.51. The van der Waals surface area contributed by atoms with Crippen molar-refractivity contribution >= 4 is 11.9 Å². The Morgan fingerprint density at radius 1 is 1.17 bits per heavy atom. The van der Waals surface area contributed by atoms with Gasteiger partial charge >= 0.3 is 6.03 Å². The Balaban J connectivity index is 1.72. The molecule has 1 fully saturated rings. The molecule has 0 aromatic heterocycles. The molecule has 3 amide bonds. The van der Waals surface area contributed by atoms with Gasteiger partial charge in [-0.15, -0.1) is 0 Å². The van der Waals surface area contributed by atoms with E-state index in [-0.39, 0.29) is 17.8 Å². The molecule has 126 valence electrons. The lowest BCUT2D eigenvalue weighted by atomic mass is 10.2. The number of amides is 3. The van der Waals surface area contributed by atoms with Crippen LogP contribution in [0.15, 0.2) is 24.3 Å². The molecule has 1 saturated heterocycles. The molecule has 0 saturated carbocycles. The van der Waals surface area contributed by atoms with Gasteiger partial charge in [0, 0.05) is 39.3 Å². The van der Waals surface area contributed by atoms with Crippen molar-refractivity contribution in [1.82, 2.24) is 20.4 Å². The van der Waals surface area contributed by atoms with Gasteiger partial charge in [0.15, 0.2) is 0 Å². The number of carbonyl (C=O) groups is 2. The maximum atomic E-state index is 13.1. The Morgan fingerprint density at radius 2 is 1.91 bits per heavy atom. The Bertz CT molecular complexity index is 545. The summed E-state index contributed by atoms with van der Waals surface area (Å²) in [4.78, 5) is 27.4. The molecule has 1 aromatic rings. The average Bonchev–Trinajstić information content (AvgIpc) is 2.53. The first-order chi connectivity index (χ1) is 11.1.